The second kappa shape index (κ2) is 6.77. The minimum atomic E-state index is -0.382. The van der Waals surface area contributed by atoms with E-state index < -0.39 is 0 Å². The molecular weight excluding hydrogens is 333 g/mol. The van der Waals surface area contributed by atoms with Crippen molar-refractivity contribution in [3.63, 3.8) is 0 Å². The first-order valence-electron chi connectivity index (χ1n) is 6.78. The van der Waals surface area contributed by atoms with Crippen molar-refractivity contribution >= 4 is 46.2 Å². The number of carbonyl (C=O) groups is 1. The molecule has 0 atom stereocenters. The van der Waals surface area contributed by atoms with Crippen molar-refractivity contribution < 1.29 is 4.79 Å². The Morgan fingerprint density at radius 3 is 2.70 bits per heavy atom. The number of hydrazone groups is 1. The summed E-state index contributed by atoms with van der Waals surface area (Å²) < 4.78 is 0. The summed E-state index contributed by atoms with van der Waals surface area (Å²) in [7, 11) is 0. The molecular formula is C17H11Cl2N3O. The molecule has 23 heavy (non-hydrogen) atoms. The molecule has 4 nitrogen and oxygen atoms in total. The molecule has 1 amide bonds. The second-order valence-corrected chi connectivity index (χ2v) is 5.58. The van der Waals surface area contributed by atoms with Crippen molar-refractivity contribution in [1.82, 2.24) is 10.4 Å². The molecule has 0 radical (unpaired) electrons. The van der Waals surface area contributed by atoms with Crippen molar-refractivity contribution in [2.75, 3.05) is 0 Å². The van der Waals surface area contributed by atoms with Crippen molar-refractivity contribution in [1.29, 1.82) is 0 Å². The highest BCUT2D eigenvalue weighted by Crippen LogP contribution is 2.21. The molecule has 0 unspecified atom stereocenters. The molecule has 0 saturated carbocycles. The van der Waals surface area contributed by atoms with E-state index in [-0.39, 0.29) is 5.91 Å². The van der Waals surface area contributed by atoms with E-state index in [4.69, 9.17) is 23.2 Å². The number of carbonyl (C=O) groups excluding carboxylic acids is 1. The Hall–Kier alpha value is -2.43. The first-order chi connectivity index (χ1) is 11.1. The van der Waals surface area contributed by atoms with Crippen LogP contribution in [-0.4, -0.2) is 17.1 Å². The lowest BCUT2D eigenvalue weighted by molar-refractivity contribution is 0.0950. The van der Waals surface area contributed by atoms with Gasteiger partial charge in [0.1, 0.15) is 5.69 Å². The number of benzene rings is 2. The predicted molar refractivity (Wildman–Crippen MR) is 93.3 cm³/mol. The van der Waals surface area contributed by atoms with Crippen LogP contribution in [0.5, 0.6) is 0 Å². The van der Waals surface area contributed by atoms with Gasteiger partial charge in [-0.05, 0) is 29.8 Å². The third-order valence-electron chi connectivity index (χ3n) is 3.15. The number of halogens is 2. The largest absolute Gasteiger partial charge is 0.289 e. The number of fused-ring (bicyclic) bond motifs is 1. The van der Waals surface area contributed by atoms with Crippen LogP contribution in [-0.2, 0) is 0 Å². The van der Waals surface area contributed by atoms with Crippen LogP contribution in [0.25, 0.3) is 10.9 Å². The average Bonchev–Trinajstić information content (AvgIpc) is 2.57. The van der Waals surface area contributed by atoms with Gasteiger partial charge < -0.3 is 0 Å². The lowest BCUT2D eigenvalue weighted by Gasteiger charge is -2.02. The molecule has 6 heteroatoms. The molecule has 114 valence electrons. The van der Waals surface area contributed by atoms with Crippen LogP contribution in [0.1, 0.15) is 16.1 Å². The molecule has 1 heterocycles. The summed E-state index contributed by atoms with van der Waals surface area (Å²) in [6.07, 6.45) is 1.49. The van der Waals surface area contributed by atoms with Gasteiger partial charge in [-0.3, -0.25) is 4.79 Å². The summed E-state index contributed by atoms with van der Waals surface area (Å²) in [4.78, 5) is 16.4. The van der Waals surface area contributed by atoms with E-state index in [2.05, 4.69) is 15.5 Å². The van der Waals surface area contributed by atoms with Crippen LogP contribution in [0.4, 0.5) is 0 Å². The molecule has 0 saturated heterocycles. The minimum Gasteiger partial charge on any atom is -0.266 e. The highest BCUT2D eigenvalue weighted by atomic mass is 35.5. The molecule has 0 aliphatic heterocycles. The van der Waals surface area contributed by atoms with Gasteiger partial charge in [-0.1, -0.05) is 53.5 Å². The number of rotatable bonds is 3. The number of nitrogens with zero attached hydrogens (tertiary/aromatic N) is 2. The summed E-state index contributed by atoms with van der Waals surface area (Å²) >= 11 is 11.8. The van der Waals surface area contributed by atoms with Crippen molar-refractivity contribution in [3.05, 3.63) is 75.9 Å². The average molecular weight is 344 g/mol. The summed E-state index contributed by atoms with van der Waals surface area (Å²) in [5.41, 5.74) is 4.22. The summed E-state index contributed by atoms with van der Waals surface area (Å²) in [5, 5.41) is 5.77. The van der Waals surface area contributed by atoms with Crippen LogP contribution in [0.3, 0.4) is 0 Å². The lowest BCUT2D eigenvalue weighted by Crippen LogP contribution is -2.18. The molecule has 3 rings (SSSR count). The van der Waals surface area contributed by atoms with Crippen LogP contribution < -0.4 is 5.43 Å². The zero-order valence-corrected chi connectivity index (χ0v) is 13.3. The Balaban J connectivity index is 1.72. The molecule has 0 aliphatic rings. The maximum absolute atomic E-state index is 12.1. The zero-order valence-electron chi connectivity index (χ0n) is 11.8. The molecule has 0 fully saturated rings. The van der Waals surface area contributed by atoms with Gasteiger partial charge in [-0.2, -0.15) is 5.10 Å². The minimum absolute atomic E-state index is 0.301. The Morgan fingerprint density at radius 1 is 1.04 bits per heavy atom. The third-order valence-corrected chi connectivity index (χ3v) is 3.89. The first kappa shape index (κ1) is 15.5. The number of amides is 1. The Morgan fingerprint density at radius 2 is 1.87 bits per heavy atom. The van der Waals surface area contributed by atoms with Crippen LogP contribution in [0.15, 0.2) is 59.7 Å². The zero-order chi connectivity index (χ0) is 16.2. The summed E-state index contributed by atoms with van der Waals surface area (Å²) in [6.45, 7) is 0. The summed E-state index contributed by atoms with van der Waals surface area (Å²) in [6, 6.07) is 16.2. The lowest BCUT2D eigenvalue weighted by atomic mass is 10.2. The molecule has 1 aromatic heterocycles. The highest BCUT2D eigenvalue weighted by Gasteiger charge is 2.06. The van der Waals surface area contributed by atoms with Crippen molar-refractivity contribution in [2.45, 2.75) is 0 Å². The van der Waals surface area contributed by atoms with Gasteiger partial charge >= 0.3 is 0 Å². The quantitative estimate of drug-likeness (QED) is 0.569. The molecule has 2 aromatic carbocycles. The van der Waals surface area contributed by atoms with Gasteiger partial charge in [0.2, 0.25) is 0 Å². The van der Waals surface area contributed by atoms with Gasteiger partial charge in [-0.15, -0.1) is 0 Å². The fraction of sp³-hybridized carbons (Fsp3) is 0. The van der Waals surface area contributed by atoms with E-state index in [1.807, 2.05) is 30.3 Å². The number of para-hydroxylation sites is 1. The van der Waals surface area contributed by atoms with Crippen LogP contribution in [0, 0.1) is 0 Å². The van der Waals surface area contributed by atoms with E-state index in [0.717, 1.165) is 16.5 Å². The topological polar surface area (TPSA) is 54.4 Å². The van der Waals surface area contributed by atoms with E-state index in [1.165, 1.54) is 6.21 Å². The maximum atomic E-state index is 12.1. The number of aromatic nitrogens is 1. The third kappa shape index (κ3) is 3.67. The Kier molecular flexibility index (Phi) is 4.55. The first-order valence-corrected chi connectivity index (χ1v) is 7.53. The molecule has 0 spiro atoms. The number of nitrogens with one attached hydrogen (secondary N) is 1. The monoisotopic (exact) mass is 343 g/mol. The van der Waals surface area contributed by atoms with Gasteiger partial charge in [0, 0.05) is 5.39 Å². The van der Waals surface area contributed by atoms with Crippen molar-refractivity contribution in [3.8, 4) is 0 Å². The normalized spacial score (nSPS) is 11.0. The number of pyridine rings is 1. The van der Waals surface area contributed by atoms with E-state index in [9.17, 15) is 4.79 Å². The summed E-state index contributed by atoms with van der Waals surface area (Å²) in [5.74, 6) is -0.382. The van der Waals surface area contributed by atoms with Gasteiger partial charge in [-0.25, -0.2) is 10.4 Å². The van der Waals surface area contributed by atoms with Crippen LogP contribution >= 0.6 is 23.2 Å². The SMILES string of the molecule is O=C(N/N=C/c1ccc(Cl)c(Cl)c1)c1ccc2ccccc2n1. The second-order valence-electron chi connectivity index (χ2n) is 4.76. The number of hydrogen-bond donors (Lipinski definition) is 1. The Bertz CT molecular complexity index is 909. The fourth-order valence-corrected chi connectivity index (χ4v) is 2.31. The fourth-order valence-electron chi connectivity index (χ4n) is 2.01. The maximum Gasteiger partial charge on any atom is 0.289 e. The van der Waals surface area contributed by atoms with Gasteiger partial charge in [0.15, 0.2) is 0 Å². The standard InChI is InChI=1S/C17H11Cl2N3O/c18-13-7-5-11(9-14(13)19)10-20-22-17(23)16-8-6-12-3-1-2-4-15(12)21-16/h1-10H,(H,22,23)/b20-10+. The van der Waals surface area contributed by atoms with Gasteiger partial charge in [0.25, 0.3) is 5.91 Å². The predicted octanol–water partition coefficient (Wildman–Crippen LogP) is 4.31. The highest BCUT2D eigenvalue weighted by molar-refractivity contribution is 6.42. The molecule has 1 N–H and O–H groups in total. The Labute approximate surface area is 142 Å². The molecule has 0 aliphatic carbocycles. The van der Waals surface area contributed by atoms with Gasteiger partial charge in [0.05, 0.1) is 21.8 Å². The van der Waals surface area contributed by atoms with E-state index in [0.29, 0.717) is 15.7 Å². The van der Waals surface area contributed by atoms with E-state index in [1.54, 1.807) is 24.3 Å². The van der Waals surface area contributed by atoms with Crippen LogP contribution in [0.2, 0.25) is 10.0 Å². The molecule has 0 bridgehead atoms. The van der Waals surface area contributed by atoms with Crippen molar-refractivity contribution in [2.24, 2.45) is 5.10 Å². The molecule has 3 aromatic rings. The van der Waals surface area contributed by atoms with E-state index >= 15 is 0 Å². The number of hydrogen-bond acceptors (Lipinski definition) is 3. The smallest absolute Gasteiger partial charge is 0.266 e.